The number of aliphatic hydroxyl groups is 1. The van der Waals surface area contributed by atoms with Crippen molar-refractivity contribution in [2.24, 2.45) is 5.41 Å². The number of nitrogens with zero attached hydrogens (tertiary/aromatic N) is 4. The Balaban J connectivity index is 1.60. The Morgan fingerprint density at radius 3 is 2.58 bits per heavy atom. The molecule has 0 aromatic carbocycles. The van der Waals surface area contributed by atoms with Crippen LogP contribution >= 0.6 is 0 Å². The van der Waals surface area contributed by atoms with Crippen LogP contribution in [-0.4, -0.2) is 76.2 Å². The van der Waals surface area contributed by atoms with Crippen molar-refractivity contribution in [3.8, 4) is 0 Å². The van der Waals surface area contributed by atoms with Gasteiger partial charge >= 0.3 is 0 Å². The van der Waals surface area contributed by atoms with Gasteiger partial charge in [-0.15, -0.1) is 0 Å². The van der Waals surface area contributed by atoms with Gasteiger partial charge in [-0.2, -0.15) is 5.10 Å². The molecule has 1 unspecified atom stereocenters. The molecular formula is C18H32N4O2. The maximum absolute atomic E-state index is 11.3. The van der Waals surface area contributed by atoms with Gasteiger partial charge in [-0.3, -0.25) is 14.5 Å². The van der Waals surface area contributed by atoms with Crippen LogP contribution in [0.5, 0.6) is 0 Å². The predicted molar refractivity (Wildman–Crippen MR) is 93.8 cm³/mol. The SMILES string of the molecule is CCn1ccc(CN2CCC(O)(CN3CCOCC3)C(C)(C)C2)n1. The molecule has 0 spiro atoms. The van der Waals surface area contributed by atoms with Crippen LogP contribution in [0.4, 0.5) is 0 Å². The van der Waals surface area contributed by atoms with Crippen molar-refractivity contribution in [2.75, 3.05) is 45.9 Å². The van der Waals surface area contributed by atoms with E-state index in [9.17, 15) is 5.11 Å². The van der Waals surface area contributed by atoms with E-state index in [1.54, 1.807) is 0 Å². The van der Waals surface area contributed by atoms with E-state index in [0.717, 1.165) is 71.1 Å². The lowest BCUT2D eigenvalue weighted by molar-refractivity contribution is -0.141. The third-order valence-corrected chi connectivity index (χ3v) is 5.71. The molecule has 3 heterocycles. The molecule has 24 heavy (non-hydrogen) atoms. The predicted octanol–water partition coefficient (Wildman–Crippen LogP) is 1.20. The third kappa shape index (κ3) is 3.82. The van der Waals surface area contributed by atoms with E-state index in [1.807, 2.05) is 10.9 Å². The molecule has 2 aliphatic heterocycles. The molecule has 136 valence electrons. The van der Waals surface area contributed by atoms with Gasteiger partial charge in [0.1, 0.15) is 0 Å². The maximum atomic E-state index is 11.3. The minimum Gasteiger partial charge on any atom is -0.388 e. The van der Waals surface area contributed by atoms with E-state index in [4.69, 9.17) is 4.74 Å². The summed E-state index contributed by atoms with van der Waals surface area (Å²) < 4.78 is 7.40. The number of hydrogen-bond acceptors (Lipinski definition) is 5. The number of aromatic nitrogens is 2. The number of hydrogen-bond donors (Lipinski definition) is 1. The molecule has 0 bridgehead atoms. The zero-order chi connectivity index (χ0) is 17.2. The minimum atomic E-state index is -0.635. The summed E-state index contributed by atoms with van der Waals surface area (Å²) in [5.41, 5.74) is 0.340. The fraction of sp³-hybridized carbons (Fsp3) is 0.833. The summed E-state index contributed by atoms with van der Waals surface area (Å²) in [4.78, 5) is 4.78. The molecule has 3 rings (SSSR count). The fourth-order valence-corrected chi connectivity index (χ4v) is 3.92. The van der Waals surface area contributed by atoms with Gasteiger partial charge in [-0.25, -0.2) is 0 Å². The molecule has 0 radical (unpaired) electrons. The average molecular weight is 336 g/mol. The Hall–Kier alpha value is -0.950. The van der Waals surface area contributed by atoms with E-state index < -0.39 is 5.60 Å². The first-order valence-electron chi connectivity index (χ1n) is 9.19. The van der Waals surface area contributed by atoms with Crippen LogP contribution < -0.4 is 0 Å². The number of aryl methyl sites for hydroxylation is 1. The Morgan fingerprint density at radius 2 is 1.96 bits per heavy atom. The molecule has 6 heteroatoms. The van der Waals surface area contributed by atoms with Crippen molar-refractivity contribution < 1.29 is 9.84 Å². The van der Waals surface area contributed by atoms with Gasteiger partial charge in [0.15, 0.2) is 0 Å². The van der Waals surface area contributed by atoms with E-state index in [2.05, 4.69) is 41.7 Å². The topological polar surface area (TPSA) is 53.8 Å². The van der Waals surface area contributed by atoms with Gasteiger partial charge in [-0.1, -0.05) is 13.8 Å². The fourth-order valence-electron chi connectivity index (χ4n) is 3.92. The second kappa shape index (κ2) is 7.12. The second-order valence-electron chi connectivity index (χ2n) is 7.93. The quantitative estimate of drug-likeness (QED) is 0.876. The molecule has 2 fully saturated rings. The van der Waals surface area contributed by atoms with Gasteiger partial charge in [0.2, 0.25) is 0 Å². The monoisotopic (exact) mass is 336 g/mol. The van der Waals surface area contributed by atoms with Crippen molar-refractivity contribution >= 4 is 0 Å². The summed E-state index contributed by atoms with van der Waals surface area (Å²) in [5, 5.41) is 15.9. The molecule has 0 aliphatic carbocycles. The molecule has 1 N–H and O–H groups in total. The van der Waals surface area contributed by atoms with Crippen LogP contribution in [0.3, 0.4) is 0 Å². The number of likely N-dealkylation sites (tertiary alicyclic amines) is 1. The zero-order valence-corrected chi connectivity index (χ0v) is 15.4. The van der Waals surface area contributed by atoms with E-state index in [0.29, 0.717) is 0 Å². The van der Waals surface area contributed by atoms with Crippen LogP contribution in [0.25, 0.3) is 0 Å². The molecule has 2 aliphatic rings. The summed E-state index contributed by atoms with van der Waals surface area (Å²) in [7, 11) is 0. The molecular weight excluding hydrogens is 304 g/mol. The van der Waals surface area contributed by atoms with Crippen molar-refractivity contribution in [1.29, 1.82) is 0 Å². The number of β-amino-alcohol motifs (C(OH)–C–C–N with tert-alkyl or cyclic N) is 1. The van der Waals surface area contributed by atoms with Crippen LogP contribution in [0, 0.1) is 5.41 Å². The Labute approximate surface area is 145 Å². The van der Waals surface area contributed by atoms with E-state index in [-0.39, 0.29) is 5.41 Å². The highest BCUT2D eigenvalue weighted by Gasteiger charge is 2.48. The molecule has 2 saturated heterocycles. The number of ether oxygens (including phenoxy) is 1. The standard InChI is InChI=1S/C18H32N4O2/c1-4-22-7-5-16(19-22)13-21-8-6-18(23,17(2,3)14-21)15-20-9-11-24-12-10-20/h5,7,23H,4,6,8-15H2,1-3H3. The minimum absolute atomic E-state index is 0.142. The van der Waals surface area contributed by atoms with Crippen LogP contribution in [0.1, 0.15) is 32.9 Å². The Morgan fingerprint density at radius 1 is 1.21 bits per heavy atom. The van der Waals surface area contributed by atoms with Crippen molar-refractivity contribution in [2.45, 2.75) is 45.9 Å². The smallest absolute Gasteiger partial charge is 0.0849 e. The van der Waals surface area contributed by atoms with Gasteiger partial charge in [-0.05, 0) is 19.4 Å². The van der Waals surface area contributed by atoms with Crippen molar-refractivity contribution in [1.82, 2.24) is 19.6 Å². The van der Waals surface area contributed by atoms with Gasteiger partial charge < -0.3 is 9.84 Å². The summed E-state index contributed by atoms with van der Waals surface area (Å²) in [5.74, 6) is 0. The lowest BCUT2D eigenvalue weighted by atomic mass is 9.69. The maximum Gasteiger partial charge on any atom is 0.0849 e. The first kappa shape index (κ1) is 17.9. The first-order chi connectivity index (χ1) is 11.4. The number of morpholine rings is 1. The van der Waals surface area contributed by atoms with Gasteiger partial charge in [0.05, 0.1) is 24.5 Å². The summed E-state index contributed by atoms with van der Waals surface area (Å²) in [6, 6.07) is 2.10. The highest BCUT2D eigenvalue weighted by Crippen LogP contribution is 2.39. The lowest BCUT2D eigenvalue weighted by Crippen LogP contribution is -2.62. The number of rotatable bonds is 5. The molecule has 6 nitrogen and oxygen atoms in total. The highest BCUT2D eigenvalue weighted by atomic mass is 16.5. The Bertz CT molecular complexity index is 539. The van der Waals surface area contributed by atoms with Crippen molar-refractivity contribution in [3.05, 3.63) is 18.0 Å². The zero-order valence-electron chi connectivity index (χ0n) is 15.4. The van der Waals surface area contributed by atoms with Crippen LogP contribution in [0.15, 0.2) is 12.3 Å². The normalized spacial score (nSPS) is 29.0. The van der Waals surface area contributed by atoms with Crippen molar-refractivity contribution in [3.63, 3.8) is 0 Å². The largest absolute Gasteiger partial charge is 0.388 e. The first-order valence-corrected chi connectivity index (χ1v) is 9.19. The molecule has 0 amide bonds. The number of piperidine rings is 1. The molecule has 1 aromatic heterocycles. The van der Waals surface area contributed by atoms with Crippen LogP contribution in [0.2, 0.25) is 0 Å². The second-order valence-corrected chi connectivity index (χ2v) is 7.93. The van der Waals surface area contributed by atoms with Gasteiger partial charge in [0.25, 0.3) is 0 Å². The highest BCUT2D eigenvalue weighted by molar-refractivity contribution is 5.04. The summed E-state index contributed by atoms with van der Waals surface area (Å²) in [6.45, 7) is 14.3. The summed E-state index contributed by atoms with van der Waals surface area (Å²) >= 11 is 0. The average Bonchev–Trinajstić information content (AvgIpc) is 3.00. The van der Waals surface area contributed by atoms with E-state index >= 15 is 0 Å². The van der Waals surface area contributed by atoms with Gasteiger partial charge in [0, 0.05) is 57.4 Å². The van der Waals surface area contributed by atoms with E-state index in [1.165, 1.54) is 0 Å². The molecule has 1 aromatic rings. The Kier molecular flexibility index (Phi) is 5.30. The molecule has 0 saturated carbocycles. The lowest BCUT2D eigenvalue weighted by Gasteiger charge is -2.52. The third-order valence-electron chi connectivity index (χ3n) is 5.71. The summed E-state index contributed by atoms with van der Waals surface area (Å²) in [6.07, 6.45) is 2.85. The van der Waals surface area contributed by atoms with Crippen LogP contribution in [-0.2, 0) is 17.8 Å². The molecule has 1 atom stereocenters.